The van der Waals surface area contributed by atoms with E-state index in [1.807, 2.05) is 27.7 Å². The van der Waals surface area contributed by atoms with Gasteiger partial charge in [0.15, 0.2) is 6.29 Å². The van der Waals surface area contributed by atoms with Gasteiger partial charge in [0.1, 0.15) is 5.82 Å². The second-order valence-corrected chi connectivity index (χ2v) is 4.25. The van der Waals surface area contributed by atoms with Gasteiger partial charge in [-0.15, -0.1) is 0 Å². The number of aldehydes is 1. The number of ether oxygens (including phenoxy) is 1. The van der Waals surface area contributed by atoms with Crippen LogP contribution in [0.5, 0.6) is 5.88 Å². The summed E-state index contributed by atoms with van der Waals surface area (Å²) in [6.45, 7) is 8.38. The maximum atomic E-state index is 10.7. The third-order valence-electron chi connectivity index (χ3n) is 1.86. The quantitative estimate of drug-likeness (QED) is 0.713. The van der Waals surface area contributed by atoms with E-state index in [9.17, 15) is 4.79 Å². The summed E-state index contributed by atoms with van der Waals surface area (Å²) in [4.78, 5) is 19.1. The van der Waals surface area contributed by atoms with Gasteiger partial charge < -0.3 is 4.74 Å². The molecular formula is C11H16N2O2. The highest BCUT2D eigenvalue weighted by Crippen LogP contribution is 2.21. The molecule has 0 aliphatic heterocycles. The lowest BCUT2D eigenvalue weighted by atomic mass is 9.96. The number of hydrogen-bond acceptors (Lipinski definition) is 4. The van der Waals surface area contributed by atoms with Gasteiger partial charge in [0, 0.05) is 11.6 Å². The molecule has 1 heterocycles. The lowest BCUT2D eigenvalue weighted by molar-refractivity contribution is 0.111. The minimum Gasteiger partial charge on any atom is -0.477 e. The molecule has 0 radical (unpaired) electrons. The Bertz CT molecular complexity index is 356. The second kappa shape index (κ2) is 4.38. The van der Waals surface area contributed by atoms with E-state index in [0.29, 0.717) is 30.2 Å². The molecule has 0 atom stereocenters. The molecule has 0 bridgehead atoms. The summed E-state index contributed by atoms with van der Waals surface area (Å²) in [5.41, 5.74) is 0.248. The lowest BCUT2D eigenvalue weighted by Gasteiger charge is -2.17. The summed E-state index contributed by atoms with van der Waals surface area (Å²) in [7, 11) is 0. The van der Waals surface area contributed by atoms with Crippen LogP contribution in [0.15, 0.2) is 6.20 Å². The summed E-state index contributed by atoms with van der Waals surface area (Å²) in [5, 5.41) is 0. The third kappa shape index (κ3) is 2.75. The molecule has 15 heavy (non-hydrogen) atoms. The van der Waals surface area contributed by atoms with Crippen LogP contribution in [0.1, 0.15) is 43.9 Å². The summed E-state index contributed by atoms with van der Waals surface area (Å²) in [6, 6.07) is 0. The second-order valence-electron chi connectivity index (χ2n) is 4.25. The van der Waals surface area contributed by atoms with Gasteiger partial charge in [0.05, 0.1) is 12.2 Å². The van der Waals surface area contributed by atoms with Crippen LogP contribution in [-0.4, -0.2) is 22.9 Å². The summed E-state index contributed by atoms with van der Waals surface area (Å²) in [5.74, 6) is 1.05. The normalized spacial score (nSPS) is 11.2. The maximum absolute atomic E-state index is 10.7. The SMILES string of the molecule is CCOc1nc(C(C)(C)C)ncc1C=O. The Morgan fingerprint density at radius 1 is 1.47 bits per heavy atom. The molecule has 0 fully saturated rings. The van der Waals surface area contributed by atoms with Crippen LogP contribution >= 0.6 is 0 Å². The average Bonchev–Trinajstić information content (AvgIpc) is 2.17. The molecule has 82 valence electrons. The first-order valence-corrected chi connectivity index (χ1v) is 4.94. The van der Waals surface area contributed by atoms with Gasteiger partial charge in [-0.2, -0.15) is 4.98 Å². The fraction of sp³-hybridized carbons (Fsp3) is 0.545. The Balaban J connectivity index is 3.15. The van der Waals surface area contributed by atoms with E-state index >= 15 is 0 Å². The number of rotatable bonds is 3. The fourth-order valence-electron chi connectivity index (χ4n) is 1.07. The molecule has 1 aromatic rings. The molecule has 0 aromatic carbocycles. The molecule has 1 rings (SSSR count). The van der Waals surface area contributed by atoms with E-state index in [0.717, 1.165) is 0 Å². The van der Waals surface area contributed by atoms with Gasteiger partial charge in [-0.3, -0.25) is 4.79 Å². The van der Waals surface area contributed by atoms with Gasteiger partial charge in [0.2, 0.25) is 5.88 Å². The monoisotopic (exact) mass is 208 g/mol. The predicted octanol–water partition coefficient (Wildman–Crippen LogP) is 1.99. The first kappa shape index (κ1) is 11.6. The molecule has 0 aliphatic rings. The minimum absolute atomic E-state index is 0.146. The van der Waals surface area contributed by atoms with Crippen LogP contribution in [0.25, 0.3) is 0 Å². The molecule has 0 saturated heterocycles. The summed E-state index contributed by atoms with van der Waals surface area (Å²) in [6.07, 6.45) is 2.21. The van der Waals surface area contributed by atoms with Crippen molar-refractivity contribution in [2.75, 3.05) is 6.61 Å². The van der Waals surface area contributed by atoms with Crippen molar-refractivity contribution in [2.45, 2.75) is 33.1 Å². The number of carbonyl (C=O) groups excluding carboxylic acids is 1. The van der Waals surface area contributed by atoms with Gasteiger partial charge in [-0.1, -0.05) is 20.8 Å². The lowest BCUT2D eigenvalue weighted by Crippen LogP contribution is -2.17. The maximum Gasteiger partial charge on any atom is 0.227 e. The van der Waals surface area contributed by atoms with Crippen molar-refractivity contribution < 1.29 is 9.53 Å². The predicted molar refractivity (Wildman–Crippen MR) is 57.3 cm³/mol. The Morgan fingerprint density at radius 2 is 2.13 bits per heavy atom. The largest absolute Gasteiger partial charge is 0.477 e. The molecule has 0 saturated carbocycles. The highest BCUT2D eigenvalue weighted by molar-refractivity contribution is 5.77. The van der Waals surface area contributed by atoms with Gasteiger partial charge in [0.25, 0.3) is 0 Å². The van der Waals surface area contributed by atoms with Crippen LogP contribution < -0.4 is 4.74 Å². The van der Waals surface area contributed by atoms with Crippen LogP contribution in [0.3, 0.4) is 0 Å². The summed E-state index contributed by atoms with van der Waals surface area (Å²) < 4.78 is 5.28. The smallest absolute Gasteiger partial charge is 0.227 e. The van der Waals surface area contributed by atoms with E-state index in [-0.39, 0.29) is 5.41 Å². The first-order chi connectivity index (χ1) is 6.99. The minimum atomic E-state index is -0.146. The van der Waals surface area contributed by atoms with Crippen molar-refractivity contribution in [3.63, 3.8) is 0 Å². The van der Waals surface area contributed by atoms with Crippen molar-refractivity contribution in [1.82, 2.24) is 9.97 Å². The number of carbonyl (C=O) groups is 1. The molecular weight excluding hydrogens is 192 g/mol. The molecule has 0 unspecified atom stereocenters. The van der Waals surface area contributed by atoms with Crippen LogP contribution in [0, 0.1) is 0 Å². The van der Waals surface area contributed by atoms with E-state index in [1.165, 1.54) is 6.20 Å². The Hall–Kier alpha value is -1.45. The fourth-order valence-corrected chi connectivity index (χ4v) is 1.07. The van der Waals surface area contributed by atoms with Gasteiger partial charge in [-0.05, 0) is 6.92 Å². The molecule has 0 amide bonds. The van der Waals surface area contributed by atoms with Crippen molar-refractivity contribution in [1.29, 1.82) is 0 Å². The van der Waals surface area contributed by atoms with Gasteiger partial charge in [-0.25, -0.2) is 4.98 Å². The van der Waals surface area contributed by atoms with Crippen LogP contribution in [0.2, 0.25) is 0 Å². The van der Waals surface area contributed by atoms with E-state index < -0.39 is 0 Å². The molecule has 4 heteroatoms. The van der Waals surface area contributed by atoms with Crippen molar-refractivity contribution in [3.05, 3.63) is 17.6 Å². The molecule has 0 spiro atoms. The van der Waals surface area contributed by atoms with E-state index in [2.05, 4.69) is 9.97 Å². The number of hydrogen-bond donors (Lipinski definition) is 0. The van der Waals surface area contributed by atoms with E-state index in [4.69, 9.17) is 4.74 Å². The Morgan fingerprint density at radius 3 is 2.60 bits per heavy atom. The third-order valence-corrected chi connectivity index (χ3v) is 1.86. The molecule has 0 aliphatic carbocycles. The van der Waals surface area contributed by atoms with E-state index in [1.54, 1.807) is 0 Å². The highest BCUT2D eigenvalue weighted by atomic mass is 16.5. The number of nitrogens with zero attached hydrogens (tertiary/aromatic N) is 2. The van der Waals surface area contributed by atoms with Crippen molar-refractivity contribution in [2.24, 2.45) is 0 Å². The molecule has 4 nitrogen and oxygen atoms in total. The topological polar surface area (TPSA) is 52.1 Å². The summed E-state index contributed by atoms with van der Waals surface area (Å²) >= 11 is 0. The number of aromatic nitrogens is 2. The molecule has 1 aromatic heterocycles. The zero-order valence-electron chi connectivity index (χ0n) is 9.57. The zero-order chi connectivity index (χ0) is 11.5. The van der Waals surface area contributed by atoms with Crippen LogP contribution in [0.4, 0.5) is 0 Å². The standard InChI is InChI=1S/C11H16N2O2/c1-5-15-9-8(7-14)6-12-10(13-9)11(2,3)4/h6-7H,5H2,1-4H3. The zero-order valence-corrected chi connectivity index (χ0v) is 9.57. The Labute approximate surface area is 89.7 Å². The molecule has 0 N–H and O–H groups in total. The first-order valence-electron chi connectivity index (χ1n) is 4.94. The van der Waals surface area contributed by atoms with Crippen molar-refractivity contribution in [3.8, 4) is 5.88 Å². The Kier molecular flexibility index (Phi) is 3.39. The average molecular weight is 208 g/mol. The highest BCUT2D eigenvalue weighted by Gasteiger charge is 2.19. The van der Waals surface area contributed by atoms with Gasteiger partial charge >= 0.3 is 0 Å². The van der Waals surface area contributed by atoms with Crippen LogP contribution in [-0.2, 0) is 5.41 Å². The van der Waals surface area contributed by atoms with Crippen molar-refractivity contribution >= 4 is 6.29 Å².